The summed E-state index contributed by atoms with van der Waals surface area (Å²) in [6, 6.07) is 10.3. The Morgan fingerprint density at radius 1 is 1.00 bits per heavy atom. The number of methoxy groups -OCH3 is 2. The minimum absolute atomic E-state index is 0.0314. The van der Waals surface area contributed by atoms with E-state index in [1.165, 1.54) is 5.56 Å². The average Bonchev–Trinajstić information content (AvgIpc) is 3.52. The molecule has 1 saturated heterocycles. The molecule has 46 heavy (non-hydrogen) atoms. The second-order valence-electron chi connectivity index (χ2n) is 12.5. The molecule has 1 aromatic carbocycles. The van der Waals surface area contributed by atoms with Gasteiger partial charge in [-0.3, -0.25) is 9.78 Å². The Labute approximate surface area is 269 Å². The van der Waals surface area contributed by atoms with Gasteiger partial charge in [-0.15, -0.1) is 0 Å². The molecule has 2 aliphatic heterocycles. The predicted molar refractivity (Wildman–Crippen MR) is 177 cm³/mol. The first kappa shape index (κ1) is 30.0. The highest BCUT2D eigenvalue weighted by molar-refractivity contribution is 5.87. The molecular formula is C35H42N8O3. The van der Waals surface area contributed by atoms with Gasteiger partial charge in [0.2, 0.25) is 5.91 Å². The second-order valence-corrected chi connectivity index (χ2v) is 12.5. The van der Waals surface area contributed by atoms with Crippen LogP contribution in [-0.2, 0) is 23.3 Å². The number of carbonyl (C=O) groups is 1. The van der Waals surface area contributed by atoms with Crippen molar-refractivity contribution in [3.63, 3.8) is 0 Å². The van der Waals surface area contributed by atoms with Crippen molar-refractivity contribution in [2.24, 2.45) is 5.92 Å². The number of benzene rings is 1. The number of piperazine rings is 1. The van der Waals surface area contributed by atoms with Crippen LogP contribution in [0.1, 0.15) is 55.1 Å². The number of anilines is 1. The second kappa shape index (κ2) is 12.3. The molecule has 1 saturated carbocycles. The Morgan fingerprint density at radius 3 is 2.48 bits per heavy atom. The highest BCUT2D eigenvalue weighted by Gasteiger charge is 2.44. The zero-order valence-electron chi connectivity index (χ0n) is 27.1. The number of ether oxygens (including phenoxy) is 2. The molecule has 0 atom stereocenters. The monoisotopic (exact) mass is 622 g/mol. The van der Waals surface area contributed by atoms with Gasteiger partial charge in [0.05, 0.1) is 43.6 Å². The minimum atomic E-state index is -0.156. The molecular weight excluding hydrogens is 580 g/mol. The van der Waals surface area contributed by atoms with Gasteiger partial charge in [0.25, 0.3) is 0 Å². The van der Waals surface area contributed by atoms with Crippen LogP contribution in [0.3, 0.4) is 0 Å². The number of carbonyl (C=O) groups excluding carboxylic acids is 1. The van der Waals surface area contributed by atoms with Gasteiger partial charge in [-0.1, -0.05) is 13.0 Å². The topological polar surface area (TPSA) is 102 Å². The summed E-state index contributed by atoms with van der Waals surface area (Å²) in [7, 11) is 5.50. The number of pyridine rings is 1. The number of amides is 1. The molecule has 0 bridgehead atoms. The van der Waals surface area contributed by atoms with Gasteiger partial charge in [-0.25, -0.2) is 14.6 Å². The molecule has 4 aromatic rings. The van der Waals surface area contributed by atoms with Crippen molar-refractivity contribution in [3.05, 3.63) is 71.6 Å². The molecule has 1 aliphatic carbocycles. The lowest BCUT2D eigenvalue weighted by Gasteiger charge is -2.49. The van der Waals surface area contributed by atoms with Gasteiger partial charge >= 0.3 is 0 Å². The smallest absolute Gasteiger partial charge is 0.225 e. The molecule has 11 nitrogen and oxygen atoms in total. The van der Waals surface area contributed by atoms with Crippen LogP contribution < -0.4 is 14.4 Å². The first-order valence-corrected chi connectivity index (χ1v) is 16.3. The molecule has 2 fully saturated rings. The molecule has 240 valence electrons. The zero-order chi connectivity index (χ0) is 31.8. The molecule has 0 unspecified atom stereocenters. The Kier molecular flexibility index (Phi) is 8.00. The number of rotatable bonds is 7. The summed E-state index contributed by atoms with van der Waals surface area (Å²) >= 11 is 0. The van der Waals surface area contributed by atoms with E-state index >= 15 is 0 Å². The van der Waals surface area contributed by atoms with Crippen molar-refractivity contribution in [3.8, 4) is 11.5 Å². The van der Waals surface area contributed by atoms with Crippen LogP contribution in [0.4, 0.5) is 5.82 Å². The first-order chi connectivity index (χ1) is 22.4. The Balaban J connectivity index is 1.00. The predicted octanol–water partition coefficient (Wildman–Crippen LogP) is 4.50. The lowest BCUT2D eigenvalue weighted by molar-refractivity contribution is -0.137. The van der Waals surface area contributed by atoms with Crippen molar-refractivity contribution in [2.45, 2.75) is 51.1 Å². The highest BCUT2D eigenvalue weighted by Crippen LogP contribution is 2.49. The van der Waals surface area contributed by atoms with Crippen LogP contribution in [0.25, 0.3) is 17.1 Å². The van der Waals surface area contributed by atoms with Crippen molar-refractivity contribution in [1.82, 2.24) is 34.5 Å². The Bertz CT molecular complexity index is 1770. The van der Waals surface area contributed by atoms with Crippen molar-refractivity contribution in [2.75, 3.05) is 52.3 Å². The number of aryl methyl sites for hydroxylation is 1. The van der Waals surface area contributed by atoms with E-state index in [4.69, 9.17) is 14.5 Å². The maximum absolute atomic E-state index is 13.8. The third-order valence-corrected chi connectivity index (χ3v) is 10.2. The molecule has 5 heterocycles. The standard InChI is InChI=1S/C35H42N8O3/c1-5-26-7-6-8-27(39-26)22-43-33-28(21-38-43)32(36-23-37-33)41-15-17-42(18-16-41)34(44)24-9-12-35(13-10-24)29-20-31(46-4)30(45-3)19-25(29)11-14-40(35)2/h6-8,11,14,19-21,23-24H,5,9-10,12-13,15-18,22H2,1-4H3/t24-,35+. The average molecular weight is 623 g/mol. The van der Waals surface area contributed by atoms with Crippen molar-refractivity contribution >= 4 is 28.8 Å². The number of hydrogen-bond donors (Lipinski definition) is 0. The summed E-state index contributed by atoms with van der Waals surface area (Å²) in [6.07, 6.45) is 12.2. The Hall–Kier alpha value is -4.67. The quantitative estimate of drug-likeness (QED) is 0.295. The SMILES string of the molecule is CCc1cccc(Cn2ncc3c(N4CCN(C(=O)[C@H]5CC[C@@]6(CC5)c5cc(OC)c(OC)cc5C=CN6C)CC4)ncnc32)n1. The summed E-state index contributed by atoms with van der Waals surface area (Å²) in [5.74, 6) is 2.66. The van der Waals surface area contributed by atoms with E-state index in [0.29, 0.717) is 19.6 Å². The first-order valence-electron chi connectivity index (χ1n) is 16.3. The lowest BCUT2D eigenvalue weighted by atomic mass is 9.69. The molecule has 11 heteroatoms. The fourth-order valence-corrected chi connectivity index (χ4v) is 7.54. The molecule has 1 spiro atoms. The maximum Gasteiger partial charge on any atom is 0.225 e. The Morgan fingerprint density at radius 2 is 1.74 bits per heavy atom. The third kappa shape index (κ3) is 5.21. The number of nitrogens with zero attached hydrogens (tertiary/aromatic N) is 8. The minimum Gasteiger partial charge on any atom is -0.493 e. The fourth-order valence-electron chi connectivity index (χ4n) is 7.54. The van der Waals surface area contributed by atoms with E-state index in [1.54, 1.807) is 20.5 Å². The van der Waals surface area contributed by atoms with E-state index in [9.17, 15) is 4.79 Å². The molecule has 1 amide bonds. The fraction of sp³-hybridized carbons (Fsp3) is 0.457. The largest absolute Gasteiger partial charge is 0.493 e. The van der Waals surface area contributed by atoms with Gasteiger partial charge in [-0.05, 0) is 73.6 Å². The van der Waals surface area contributed by atoms with Crippen molar-refractivity contribution in [1.29, 1.82) is 0 Å². The molecule has 0 radical (unpaired) electrons. The zero-order valence-corrected chi connectivity index (χ0v) is 27.1. The summed E-state index contributed by atoms with van der Waals surface area (Å²) in [5, 5.41) is 5.56. The summed E-state index contributed by atoms with van der Waals surface area (Å²) in [4.78, 5) is 34.4. The summed E-state index contributed by atoms with van der Waals surface area (Å²) in [6.45, 7) is 5.46. The van der Waals surface area contributed by atoms with Crippen LogP contribution in [-0.4, -0.2) is 87.9 Å². The lowest BCUT2D eigenvalue weighted by Crippen LogP contribution is -2.52. The molecule has 3 aromatic heterocycles. The van der Waals surface area contributed by atoms with Gasteiger partial charge in [0.15, 0.2) is 17.1 Å². The van der Waals surface area contributed by atoms with Gasteiger partial charge < -0.3 is 24.2 Å². The van der Waals surface area contributed by atoms with E-state index < -0.39 is 0 Å². The number of aromatic nitrogens is 5. The number of fused-ring (bicyclic) bond motifs is 3. The van der Waals surface area contributed by atoms with Crippen molar-refractivity contribution < 1.29 is 14.3 Å². The molecule has 7 rings (SSSR count). The van der Waals surface area contributed by atoms with Crippen LogP contribution in [0.5, 0.6) is 11.5 Å². The van der Waals surface area contributed by atoms with E-state index in [0.717, 1.165) is 90.5 Å². The molecule has 3 aliphatic rings. The van der Waals surface area contributed by atoms with Gasteiger partial charge in [0, 0.05) is 51.0 Å². The maximum atomic E-state index is 13.8. The van der Waals surface area contributed by atoms with Crippen LogP contribution in [0.15, 0.2) is 49.1 Å². The van der Waals surface area contributed by atoms with Gasteiger partial charge in [0.1, 0.15) is 12.1 Å². The summed E-state index contributed by atoms with van der Waals surface area (Å²) in [5.41, 5.74) is 5.07. The van der Waals surface area contributed by atoms with Crippen LogP contribution in [0, 0.1) is 5.92 Å². The molecule has 0 N–H and O–H groups in total. The third-order valence-electron chi connectivity index (χ3n) is 10.2. The van der Waals surface area contributed by atoms with Crippen LogP contribution >= 0.6 is 0 Å². The van der Waals surface area contributed by atoms with E-state index in [2.05, 4.69) is 68.1 Å². The normalized spacial score (nSPS) is 21.1. The van der Waals surface area contributed by atoms with E-state index in [1.807, 2.05) is 29.1 Å². The van der Waals surface area contributed by atoms with Crippen LogP contribution in [0.2, 0.25) is 0 Å². The highest BCUT2D eigenvalue weighted by atomic mass is 16.5. The van der Waals surface area contributed by atoms with E-state index in [-0.39, 0.29) is 17.4 Å². The number of hydrogen-bond acceptors (Lipinski definition) is 9. The van der Waals surface area contributed by atoms with Gasteiger partial charge in [-0.2, -0.15) is 5.10 Å². The summed E-state index contributed by atoms with van der Waals surface area (Å²) < 4.78 is 13.1.